The second-order valence-electron chi connectivity index (χ2n) is 5.07. The molecule has 1 aromatic heterocycles. The van der Waals surface area contributed by atoms with Gasteiger partial charge in [0.1, 0.15) is 0 Å². The van der Waals surface area contributed by atoms with Crippen LogP contribution in [0.4, 0.5) is 4.39 Å². The summed E-state index contributed by atoms with van der Waals surface area (Å²) in [6, 6.07) is 3.93. The number of nitrogens with one attached hydrogen (secondary N) is 1. The quantitative estimate of drug-likeness (QED) is 0.766. The van der Waals surface area contributed by atoms with Crippen LogP contribution in [0.1, 0.15) is 30.4 Å². The zero-order chi connectivity index (χ0) is 14.1. The predicted molar refractivity (Wildman–Crippen MR) is 84.8 cm³/mol. The molecule has 5 heteroatoms. The molecule has 0 spiro atoms. The van der Waals surface area contributed by atoms with Crippen molar-refractivity contribution in [3.63, 3.8) is 0 Å². The topological polar surface area (TPSA) is 33.1 Å². The number of fused-ring (bicyclic) bond motifs is 1. The Balaban J connectivity index is 2.01. The molecule has 0 bridgehead atoms. The van der Waals surface area contributed by atoms with Crippen molar-refractivity contribution in [3.8, 4) is 0 Å². The Morgan fingerprint density at radius 2 is 2.30 bits per heavy atom. The first-order chi connectivity index (χ1) is 9.66. The second kappa shape index (κ2) is 5.92. The first kappa shape index (κ1) is 14.2. The average Bonchev–Trinajstić information content (AvgIpc) is 2.81. The lowest BCUT2D eigenvalue weighted by Gasteiger charge is -2.23. The summed E-state index contributed by atoms with van der Waals surface area (Å²) in [6.07, 6.45) is 4.14. The highest BCUT2D eigenvalue weighted by Crippen LogP contribution is 2.35. The summed E-state index contributed by atoms with van der Waals surface area (Å²) >= 11 is 4.94. The zero-order valence-corrected chi connectivity index (χ0v) is 13.3. The lowest BCUT2D eigenvalue weighted by Crippen LogP contribution is -2.22. The van der Waals surface area contributed by atoms with E-state index in [1.807, 2.05) is 17.5 Å². The van der Waals surface area contributed by atoms with Crippen molar-refractivity contribution >= 4 is 43.3 Å². The molecule has 0 radical (unpaired) electrons. The molecule has 2 aromatic rings. The molecule has 20 heavy (non-hydrogen) atoms. The van der Waals surface area contributed by atoms with E-state index in [1.165, 1.54) is 17.8 Å². The Labute approximate surface area is 129 Å². The van der Waals surface area contributed by atoms with Crippen LogP contribution in [-0.4, -0.2) is 18.7 Å². The van der Waals surface area contributed by atoms with Crippen LogP contribution >= 0.6 is 27.3 Å². The monoisotopic (exact) mass is 355 g/mol. The third kappa shape index (κ3) is 2.67. The summed E-state index contributed by atoms with van der Waals surface area (Å²) in [5, 5.41) is 10.4. The predicted octanol–water partition coefficient (Wildman–Crippen LogP) is 5.07. The summed E-state index contributed by atoms with van der Waals surface area (Å²) < 4.78 is 21.3. The number of ether oxygens (including phenoxy) is 1. The summed E-state index contributed by atoms with van der Waals surface area (Å²) in [7, 11) is 0. The van der Waals surface area contributed by atoms with Crippen LogP contribution in [-0.2, 0) is 11.2 Å². The van der Waals surface area contributed by atoms with E-state index in [4.69, 9.17) is 10.1 Å². The summed E-state index contributed by atoms with van der Waals surface area (Å²) in [6.45, 7) is 0.792. The van der Waals surface area contributed by atoms with Gasteiger partial charge in [-0.2, -0.15) is 4.39 Å². The van der Waals surface area contributed by atoms with Gasteiger partial charge in [-0.3, -0.25) is 5.41 Å². The van der Waals surface area contributed by atoms with Gasteiger partial charge in [-0.1, -0.05) is 12.1 Å². The first-order valence-electron chi connectivity index (χ1n) is 6.71. The SMILES string of the molecule is N=C(F)c1c(CC2CCCCO2)ccc2c(Br)csc12. The molecule has 0 amide bonds. The van der Waals surface area contributed by atoms with E-state index in [1.54, 1.807) is 0 Å². The molecule has 1 aromatic carbocycles. The van der Waals surface area contributed by atoms with Crippen molar-refractivity contribution in [1.82, 2.24) is 0 Å². The van der Waals surface area contributed by atoms with Crippen LogP contribution in [0.3, 0.4) is 0 Å². The van der Waals surface area contributed by atoms with Gasteiger partial charge in [-0.05, 0) is 47.2 Å². The fourth-order valence-corrected chi connectivity index (χ4v) is 4.47. The number of hydrogen-bond donors (Lipinski definition) is 1. The van der Waals surface area contributed by atoms with E-state index in [-0.39, 0.29) is 6.10 Å². The Morgan fingerprint density at radius 3 is 3.00 bits per heavy atom. The van der Waals surface area contributed by atoms with Gasteiger partial charge in [0.05, 0.1) is 11.7 Å². The second-order valence-corrected chi connectivity index (χ2v) is 6.80. The molecule has 1 fully saturated rings. The molecule has 1 N–H and O–H groups in total. The Morgan fingerprint density at radius 1 is 1.45 bits per heavy atom. The molecule has 106 valence electrons. The fourth-order valence-electron chi connectivity index (χ4n) is 2.73. The van der Waals surface area contributed by atoms with E-state index in [2.05, 4.69) is 15.9 Å². The lowest BCUT2D eigenvalue weighted by molar-refractivity contribution is 0.0168. The van der Waals surface area contributed by atoms with E-state index in [0.29, 0.717) is 12.0 Å². The van der Waals surface area contributed by atoms with Crippen molar-refractivity contribution in [3.05, 3.63) is 33.1 Å². The third-order valence-electron chi connectivity index (χ3n) is 3.72. The molecule has 1 unspecified atom stereocenters. The fraction of sp³-hybridized carbons (Fsp3) is 0.400. The maximum atomic E-state index is 13.7. The van der Waals surface area contributed by atoms with Crippen molar-refractivity contribution in [2.24, 2.45) is 0 Å². The summed E-state index contributed by atoms with van der Waals surface area (Å²) in [5.41, 5.74) is 1.32. The Bertz CT molecular complexity index is 649. The van der Waals surface area contributed by atoms with E-state index in [0.717, 1.165) is 39.6 Å². The van der Waals surface area contributed by atoms with Crippen LogP contribution in [0.5, 0.6) is 0 Å². The largest absolute Gasteiger partial charge is 0.378 e. The summed E-state index contributed by atoms with van der Waals surface area (Å²) in [5.74, 6) is -0.851. The highest BCUT2D eigenvalue weighted by molar-refractivity contribution is 9.10. The number of thiophene rings is 1. The molecule has 0 saturated carbocycles. The van der Waals surface area contributed by atoms with E-state index in [9.17, 15) is 4.39 Å². The van der Waals surface area contributed by atoms with Gasteiger partial charge < -0.3 is 4.74 Å². The van der Waals surface area contributed by atoms with Crippen molar-refractivity contribution in [2.45, 2.75) is 31.8 Å². The maximum Gasteiger partial charge on any atom is 0.214 e. The molecule has 1 aliphatic rings. The van der Waals surface area contributed by atoms with Gasteiger partial charge in [-0.25, -0.2) is 0 Å². The minimum Gasteiger partial charge on any atom is -0.378 e. The third-order valence-corrected chi connectivity index (χ3v) is 5.70. The molecule has 1 saturated heterocycles. The average molecular weight is 356 g/mol. The minimum absolute atomic E-state index is 0.155. The van der Waals surface area contributed by atoms with Crippen molar-refractivity contribution < 1.29 is 9.13 Å². The zero-order valence-electron chi connectivity index (χ0n) is 10.9. The first-order valence-corrected chi connectivity index (χ1v) is 8.38. The van der Waals surface area contributed by atoms with Crippen LogP contribution in [0.15, 0.2) is 22.0 Å². The molecule has 0 aliphatic carbocycles. The number of benzene rings is 1. The standard InChI is InChI=1S/C15H15BrFNOS/c16-12-8-20-14-11(12)5-4-9(13(14)15(17)18)7-10-3-1-2-6-19-10/h4-5,8,10,18H,1-3,6-7H2. The van der Waals surface area contributed by atoms with E-state index >= 15 is 0 Å². The molecule has 2 nitrogen and oxygen atoms in total. The van der Waals surface area contributed by atoms with Crippen LogP contribution in [0.2, 0.25) is 0 Å². The maximum absolute atomic E-state index is 13.7. The number of hydrogen-bond acceptors (Lipinski definition) is 3. The van der Waals surface area contributed by atoms with Crippen LogP contribution in [0, 0.1) is 5.41 Å². The van der Waals surface area contributed by atoms with Gasteiger partial charge in [0.2, 0.25) is 5.97 Å². The molecule has 1 atom stereocenters. The lowest BCUT2D eigenvalue weighted by atomic mass is 9.96. The molecule has 2 heterocycles. The molecule has 3 rings (SSSR count). The molecular weight excluding hydrogens is 341 g/mol. The molecular formula is C15H15BrFNOS. The van der Waals surface area contributed by atoms with E-state index < -0.39 is 5.97 Å². The van der Waals surface area contributed by atoms with Crippen molar-refractivity contribution in [1.29, 1.82) is 5.41 Å². The van der Waals surface area contributed by atoms with Gasteiger partial charge in [0, 0.05) is 26.5 Å². The Kier molecular flexibility index (Phi) is 4.19. The summed E-state index contributed by atoms with van der Waals surface area (Å²) in [4.78, 5) is 0. The minimum atomic E-state index is -0.851. The smallest absolute Gasteiger partial charge is 0.214 e. The van der Waals surface area contributed by atoms with Crippen LogP contribution in [0.25, 0.3) is 10.1 Å². The highest BCUT2D eigenvalue weighted by atomic mass is 79.9. The van der Waals surface area contributed by atoms with Crippen molar-refractivity contribution in [2.75, 3.05) is 6.61 Å². The number of rotatable bonds is 3. The Hall–Kier alpha value is -0.780. The highest BCUT2D eigenvalue weighted by Gasteiger charge is 2.20. The number of halogens is 2. The van der Waals surface area contributed by atoms with Gasteiger partial charge >= 0.3 is 0 Å². The normalized spacial score (nSPS) is 19.4. The van der Waals surface area contributed by atoms with Crippen LogP contribution < -0.4 is 0 Å². The van der Waals surface area contributed by atoms with Gasteiger partial charge in [0.15, 0.2) is 0 Å². The van der Waals surface area contributed by atoms with Gasteiger partial charge in [0.25, 0.3) is 0 Å². The molecule has 1 aliphatic heterocycles. The van der Waals surface area contributed by atoms with Gasteiger partial charge in [-0.15, -0.1) is 11.3 Å².